The molecule has 0 radical (unpaired) electrons. The lowest BCUT2D eigenvalue weighted by molar-refractivity contribution is -0.121. The third-order valence-electron chi connectivity index (χ3n) is 3.03. The summed E-state index contributed by atoms with van der Waals surface area (Å²) in [5, 5.41) is 3.69. The molecule has 3 atom stereocenters. The number of nitrogens with one attached hydrogen (secondary N) is 1. The van der Waals surface area contributed by atoms with Crippen LogP contribution >= 0.6 is 24.4 Å². The van der Waals surface area contributed by atoms with E-state index in [9.17, 15) is 4.79 Å². The molecule has 1 aliphatic carbocycles. The van der Waals surface area contributed by atoms with E-state index in [0.29, 0.717) is 12.0 Å². The summed E-state index contributed by atoms with van der Waals surface area (Å²) >= 11 is 6.35. The molecule has 0 aromatic heterocycles. The average molecular weight is 261 g/mol. The summed E-state index contributed by atoms with van der Waals surface area (Å²) in [6, 6.07) is 0.380. The van der Waals surface area contributed by atoms with E-state index in [4.69, 9.17) is 0 Å². The van der Waals surface area contributed by atoms with E-state index in [1.807, 2.05) is 25.6 Å². The van der Waals surface area contributed by atoms with Crippen LogP contribution in [0.5, 0.6) is 0 Å². The first-order valence-corrected chi connectivity index (χ1v) is 7.71. The number of thiol groups is 1. The van der Waals surface area contributed by atoms with Gasteiger partial charge in [-0.05, 0) is 30.9 Å². The molecule has 3 unspecified atom stereocenters. The van der Waals surface area contributed by atoms with Crippen molar-refractivity contribution >= 4 is 30.3 Å². The number of rotatable bonds is 5. The molecule has 0 aromatic carbocycles. The van der Waals surface area contributed by atoms with Gasteiger partial charge < -0.3 is 5.32 Å². The highest BCUT2D eigenvalue weighted by molar-refractivity contribution is 7.99. The number of carbonyl (C=O) groups is 1. The van der Waals surface area contributed by atoms with Crippen LogP contribution in [0.25, 0.3) is 0 Å². The van der Waals surface area contributed by atoms with Crippen LogP contribution in [0.3, 0.4) is 0 Å². The van der Waals surface area contributed by atoms with Gasteiger partial charge >= 0.3 is 0 Å². The average Bonchev–Trinajstić information content (AvgIpc) is 2.65. The van der Waals surface area contributed by atoms with E-state index in [2.05, 4.69) is 24.9 Å². The summed E-state index contributed by atoms with van der Waals surface area (Å²) in [4.78, 5) is 11.8. The molecular weight excluding hydrogens is 238 g/mol. The Hall–Kier alpha value is 0.170. The Labute approximate surface area is 109 Å². The summed E-state index contributed by atoms with van der Waals surface area (Å²) in [7, 11) is 0. The highest BCUT2D eigenvalue weighted by atomic mass is 32.2. The normalized spacial score (nSPS) is 27.1. The van der Waals surface area contributed by atoms with E-state index in [1.165, 1.54) is 12.2 Å². The highest BCUT2D eigenvalue weighted by Gasteiger charge is 2.27. The second kappa shape index (κ2) is 6.80. The van der Waals surface area contributed by atoms with Crippen molar-refractivity contribution in [3.05, 3.63) is 0 Å². The molecule has 16 heavy (non-hydrogen) atoms. The van der Waals surface area contributed by atoms with Gasteiger partial charge in [0.05, 0.1) is 5.25 Å². The Bertz CT molecular complexity index is 233. The maximum Gasteiger partial charge on any atom is 0.233 e. The summed E-state index contributed by atoms with van der Waals surface area (Å²) in [6.45, 7) is 6.25. The smallest absolute Gasteiger partial charge is 0.233 e. The van der Waals surface area contributed by atoms with Crippen molar-refractivity contribution in [1.29, 1.82) is 0 Å². The second-order valence-electron chi connectivity index (χ2n) is 4.78. The molecule has 0 saturated heterocycles. The fourth-order valence-corrected chi connectivity index (χ4v) is 3.26. The van der Waals surface area contributed by atoms with Crippen LogP contribution in [0.1, 0.15) is 40.0 Å². The van der Waals surface area contributed by atoms with Gasteiger partial charge in [-0.15, -0.1) is 0 Å². The molecule has 0 spiro atoms. The van der Waals surface area contributed by atoms with E-state index in [-0.39, 0.29) is 11.2 Å². The number of hydrogen-bond acceptors (Lipinski definition) is 3. The zero-order chi connectivity index (χ0) is 12.1. The number of hydrogen-bond donors (Lipinski definition) is 2. The molecule has 1 aliphatic rings. The van der Waals surface area contributed by atoms with E-state index in [0.717, 1.165) is 18.1 Å². The molecule has 1 amide bonds. The summed E-state index contributed by atoms with van der Waals surface area (Å²) in [6.07, 6.45) is 3.49. The van der Waals surface area contributed by atoms with Crippen molar-refractivity contribution in [1.82, 2.24) is 5.32 Å². The number of amides is 1. The molecule has 0 aliphatic heterocycles. The molecule has 1 N–H and O–H groups in total. The maximum absolute atomic E-state index is 11.8. The molecule has 1 saturated carbocycles. The minimum Gasteiger partial charge on any atom is -0.352 e. The third-order valence-corrected chi connectivity index (χ3v) is 5.10. The van der Waals surface area contributed by atoms with Crippen molar-refractivity contribution in [2.75, 3.05) is 5.75 Å². The first kappa shape index (κ1) is 14.2. The van der Waals surface area contributed by atoms with Gasteiger partial charge in [0.15, 0.2) is 0 Å². The molecule has 2 nitrogen and oxygen atoms in total. The molecule has 0 heterocycles. The summed E-state index contributed by atoms with van der Waals surface area (Å²) in [5.41, 5.74) is 0. The lowest BCUT2D eigenvalue weighted by atomic mass is 10.1. The van der Waals surface area contributed by atoms with Gasteiger partial charge in [0.1, 0.15) is 0 Å². The van der Waals surface area contributed by atoms with Gasteiger partial charge in [0.25, 0.3) is 0 Å². The largest absolute Gasteiger partial charge is 0.352 e. The standard InChI is InChI=1S/C12H23NOS2/c1-4-16-10-6-5-9(7-10)13-12(14)11(15)8(2)3/h8-11,15H,4-7H2,1-3H3,(H,13,14). The lowest BCUT2D eigenvalue weighted by Gasteiger charge is -2.18. The van der Waals surface area contributed by atoms with Crippen LogP contribution in [0.15, 0.2) is 0 Å². The van der Waals surface area contributed by atoms with Crippen LogP contribution in [0.4, 0.5) is 0 Å². The van der Waals surface area contributed by atoms with Crippen molar-refractivity contribution < 1.29 is 4.79 Å². The Morgan fingerprint density at radius 3 is 2.75 bits per heavy atom. The Kier molecular flexibility index (Phi) is 6.05. The van der Waals surface area contributed by atoms with Gasteiger partial charge in [-0.2, -0.15) is 24.4 Å². The first-order chi connectivity index (χ1) is 7.54. The minimum absolute atomic E-state index is 0.102. The fraction of sp³-hybridized carbons (Fsp3) is 0.917. The van der Waals surface area contributed by atoms with Crippen molar-refractivity contribution in [2.45, 2.75) is 56.6 Å². The maximum atomic E-state index is 11.8. The van der Waals surface area contributed by atoms with Gasteiger partial charge in [0, 0.05) is 11.3 Å². The minimum atomic E-state index is -0.169. The lowest BCUT2D eigenvalue weighted by Crippen LogP contribution is -2.40. The molecule has 1 rings (SSSR count). The van der Waals surface area contributed by atoms with E-state index < -0.39 is 0 Å². The topological polar surface area (TPSA) is 29.1 Å². The fourth-order valence-electron chi connectivity index (χ4n) is 2.05. The quantitative estimate of drug-likeness (QED) is 0.745. The molecule has 0 bridgehead atoms. The van der Waals surface area contributed by atoms with Crippen LogP contribution in [0.2, 0.25) is 0 Å². The third kappa shape index (κ3) is 4.21. The van der Waals surface area contributed by atoms with Gasteiger partial charge in [0.2, 0.25) is 5.91 Å². The molecule has 0 aromatic rings. The monoisotopic (exact) mass is 261 g/mol. The number of thioether (sulfide) groups is 1. The predicted molar refractivity (Wildman–Crippen MR) is 75.3 cm³/mol. The van der Waals surface area contributed by atoms with Crippen LogP contribution in [-0.4, -0.2) is 28.2 Å². The van der Waals surface area contributed by atoms with Gasteiger partial charge in [-0.25, -0.2) is 0 Å². The summed E-state index contributed by atoms with van der Waals surface area (Å²) in [5.74, 6) is 1.57. The first-order valence-electron chi connectivity index (χ1n) is 6.14. The second-order valence-corrected chi connectivity index (χ2v) is 6.92. The summed E-state index contributed by atoms with van der Waals surface area (Å²) < 4.78 is 0. The van der Waals surface area contributed by atoms with Crippen molar-refractivity contribution in [2.24, 2.45) is 5.92 Å². The molecule has 4 heteroatoms. The zero-order valence-corrected chi connectivity index (χ0v) is 12.1. The Morgan fingerprint density at radius 1 is 1.50 bits per heavy atom. The Morgan fingerprint density at radius 2 is 2.19 bits per heavy atom. The molecule has 1 fully saturated rings. The Balaban J connectivity index is 2.31. The predicted octanol–water partition coefficient (Wildman–Crippen LogP) is 2.73. The van der Waals surface area contributed by atoms with Gasteiger partial charge in [-0.3, -0.25) is 4.79 Å². The highest BCUT2D eigenvalue weighted by Crippen LogP contribution is 2.29. The van der Waals surface area contributed by atoms with E-state index >= 15 is 0 Å². The number of carbonyl (C=O) groups excluding carboxylic acids is 1. The molecular formula is C12H23NOS2. The van der Waals surface area contributed by atoms with Gasteiger partial charge in [-0.1, -0.05) is 20.8 Å². The van der Waals surface area contributed by atoms with Crippen LogP contribution in [-0.2, 0) is 4.79 Å². The van der Waals surface area contributed by atoms with Crippen LogP contribution in [0, 0.1) is 5.92 Å². The SMILES string of the molecule is CCSC1CCC(NC(=O)C(S)C(C)C)C1. The molecule has 94 valence electrons. The van der Waals surface area contributed by atoms with Crippen molar-refractivity contribution in [3.63, 3.8) is 0 Å². The van der Waals surface area contributed by atoms with E-state index in [1.54, 1.807) is 0 Å². The van der Waals surface area contributed by atoms with Crippen LogP contribution < -0.4 is 5.32 Å². The van der Waals surface area contributed by atoms with Crippen molar-refractivity contribution in [3.8, 4) is 0 Å². The zero-order valence-electron chi connectivity index (χ0n) is 10.4.